The molecule has 0 spiro atoms. The molecular formula is C12H23NO. The lowest BCUT2D eigenvalue weighted by atomic mass is 9.89. The predicted octanol–water partition coefficient (Wildman–Crippen LogP) is 2.05. The van der Waals surface area contributed by atoms with E-state index in [2.05, 4.69) is 12.2 Å². The van der Waals surface area contributed by atoms with Crippen LogP contribution < -0.4 is 5.32 Å². The summed E-state index contributed by atoms with van der Waals surface area (Å²) in [6, 6.07) is 0.513. The highest BCUT2D eigenvalue weighted by atomic mass is 16.5. The standard InChI is InChI=1S/C12H23NO/c1-9(8-14-2)13-7-12-6-10-3-4-11(12)5-10/h9-13H,3-8H2,1-2H3. The average molecular weight is 197 g/mol. The lowest BCUT2D eigenvalue weighted by molar-refractivity contribution is 0.166. The van der Waals surface area contributed by atoms with E-state index in [0.29, 0.717) is 6.04 Å². The zero-order chi connectivity index (χ0) is 9.97. The van der Waals surface area contributed by atoms with Gasteiger partial charge in [-0.25, -0.2) is 0 Å². The van der Waals surface area contributed by atoms with Crippen molar-refractivity contribution in [1.29, 1.82) is 0 Å². The normalized spacial score (nSPS) is 37.7. The second kappa shape index (κ2) is 4.63. The lowest BCUT2D eigenvalue weighted by Crippen LogP contribution is -2.35. The van der Waals surface area contributed by atoms with Gasteiger partial charge in [-0.05, 0) is 50.5 Å². The molecule has 4 atom stereocenters. The van der Waals surface area contributed by atoms with Crippen LogP contribution in [0.25, 0.3) is 0 Å². The lowest BCUT2D eigenvalue weighted by Gasteiger charge is -2.23. The molecule has 1 N–H and O–H groups in total. The summed E-state index contributed by atoms with van der Waals surface area (Å²) in [7, 11) is 1.77. The van der Waals surface area contributed by atoms with Crippen molar-refractivity contribution in [3.05, 3.63) is 0 Å². The Morgan fingerprint density at radius 3 is 2.79 bits per heavy atom. The maximum Gasteiger partial charge on any atom is 0.0613 e. The summed E-state index contributed by atoms with van der Waals surface area (Å²) in [5.74, 6) is 3.08. The van der Waals surface area contributed by atoms with Crippen molar-refractivity contribution in [3.8, 4) is 0 Å². The highest BCUT2D eigenvalue weighted by Gasteiger charge is 2.38. The molecule has 2 bridgehead atoms. The Morgan fingerprint density at radius 1 is 1.36 bits per heavy atom. The van der Waals surface area contributed by atoms with Gasteiger partial charge >= 0.3 is 0 Å². The van der Waals surface area contributed by atoms with E-state index in [9.17, 15) is 0 Å². The van der Waals surface area contributed by atoms with Crippen LogP contribution in [0.2, 0.25) is 0 Å². The molecule has 0 aromatic rings. The number of ether oxygens (including phenoxy) is 1. The number of methoxy groups -OCH3 is 1. The Bertz CT molecular complexity index is 183. The van der Waals surface area contributed by atoms with Crippen LogP contribution in [0.1, 0.15) is 32.6 Å². The largest absolute Gasteiger partial charge is 0.383 e. The van der Waals surface area contributed by atoms with Crippen molar-refractivity contribution >= 4 is 0 Å². The van der Waals surface area contributed by atoms with Crippen molar-refractivity contribution in [1.82, 2.24) is 5.32 Å². The second-order valence-electron chi connectivity index (χ2n) is 5.20. The Morgan fingerprint density at radius 2 is 2.21 bits per heavy atom. The van der Waals surface area contributed by atoms with Gasteiger partial charge in [0.05, 0.1) is 6.61 Å². The third-order valence-electron chi connectivity index (χ3n) is 4.03. The Balaban J connectivity index is 1.66. The van der Waals surface area contributed by atoms with Crippen molar-refractivity contribution in [2.24, 2.45) is 17.8 Å². The first kappa shape index (κ1) is 10.4. The number of rotatable bonds is 5. The van der Waals surface area contributed by atoms with Gasteiger partial charge in [-0.2, -0.15) is 0 Å². The van der Waals surface area contributed by atoms with Gasteiger partial charge in [-0.1, -0.05) is 6.42 Å². The third-order valence-corrected chi connectivity index (χ3v) is 4.03. The molecule has 2 fully saturated rings. The molecule has 2 rings (SSSR count). The molecular weight excluding hydrogens is 174 g/mol. The minimum Gasteiger partial charge on any atom is -0.383 e. The van der Waals surface area contributed by atoms with Gasteiger partial charge in [-0.3, -0.25) is 0 Å². The molecule has 2 saturated carbocycles. The van der Waals surface area contributed by atoms with Gasteiger partial charge in [0, 0.05) is 13.2 Å². The SMILES string of the molecule is COCC(C)NCC1CC2CCC1C2. The van der Waals surface area contributed by atoms with Gasteiger partial charge in [0.15, 0.2) is 0 Å². The summed E-state index contributed by atoms with van der Waals surface area (Å²) < 4.78 is 5.12. The van der Waals surface area contributed by atoms with Crippen molar-refractivity contribution in [2.75, 3.05) is 20.3 Å². The zero-order valence-electron chi connectivity index (χ0n) is 9.46. The Hall–Kier alpha value is -0.0800. The molecule has 2 nitrogen and oxygen atoms in total. The predicted molar refractivity (Wildman–Crippen MR) is 58.3 cm³/mol. The molecule has 0 amide bonds. The maximum atomic E-state index is 5.12. The maximum absolute atomic E-state index is 5.12. The fraction of sp³-hybridized carbons (Fsp3) is 1.00. The summed E-state index contributed by atoms with van der Waals surface area (Å²) in [5, 5.41) is 3.59. The average Bonchev–Trinajstić information content (AvgIpc) is 2.76. The number of hydrogen-bond donors (Lipinski definition) is 1. The van der Waals surface area contributed by atoms with E-state index in [1.54, 1.807) is 7.11 Å². The van der Waals surface area contributed by atoms with E-state index in [1.807, 2.05) is 0 Å². The number of nitrogens with one attached hydrogen (secondary N) is 1. The van der Waals surface area contributed by atoms with Gasteiger partial charge < -0.3 is 10.1 Å². The highest BCUT2D eigenvalue weighted by Crippen LogP contribution is 2.47. The molecule has 82 valence electrons. The smallest absolute Gasteiger partial charge is 0.0613 e. The fourth-order valence-corrected chi connectivity index (χ4v) is 3.29. The summed E-state index contributed by atoms with van der Waals surface area (Å²) in [6.45, 7) is 4.25. The van der Waals surface area contributed by atoms with Crippen LogP contribution in [0.5, 0.6) is 0 Å². The minimum atomic E-state index is 0.513. The van der Waals surface area contributed by atoms with Gasteiger partial charge in [0.1, 0.15) is 0 Å². The minimum absolute atomic E-state index is 0.513. The topological polar surface area (TPSA) is 21.3 Å². The first-order chi connectivity index (χ1) is 6.79. The molecule has 0 aromatic heterocycles. The molecule has 2 heteroatoms. The zero-order valence-corrected chi connectivity index (χ0v) is 9.46. The van der Waals surface area contributed by atoms with Crippen LogP contribution in [0.4, 0.5) is 0 Å². The van der Waals surface area contributed by atoms with E-state index in [1.165, 1.54) is 32.2 Å². The van der Waals surface area contributed by atoms with Crippen LogP contribution >= 0.6 is 0 Å². The molecule has 0 radical (unpaired) electrons. The summed E-state index contributed by atoms with van der Waals surface area (Å²) in [4.78, 5) is 0. The molecule has 4 unspecified atom stereocenters. The second-order valence-corrected chi connectivity index (χ2v) is 5.20. The Kier molecular flexibility index (Phi) is 3.45. The van der Waals surface area contributed by atoms with Gasteiger partial charge in [-0.15, -0.1) is 0 Å². The van der Waals surface area contributed by atoms with Crippen LogP contribution in [-0.4, -0.2) is 26.3 Å². The van der Waals surface area contributed by atoms with Crippen molar-refractivity contribution in [2.45, 2.75) is 38.6 Å². The monoisotopic (exact) mass is 197 g/mol. The highest BCUT2D eigenvalue weighted by molar-refractivity contribution is 4.91. The van der Waals surface area contributed by atoms with Crippen LogP contribution in [-0.2, 0) is 4.74 Å². The number of hydrogen-bond acceptors (Lipinski definition) is 2. The van der Waals surface area contributed by atoms with Crippen LogP contribution in [0.15, 0.2) is 0 Å². The first-order valence-corrected chi connectivity index (χ1v) is 6.02. The summed E-state index contributed by atoms with van der Waals surface area (Å²) in [5.41, 5.74) is 0. The number of fused-ring (bicyclic) bond motifs is 2. The van der Waals surface area contributed by atoms with E-state index in [-0.39, 0.29) is 0 Å². The third kappa shape index (κ3) is 2.29. The van der Waals surface area contributed by atoms with E-state index >= 15 is 0 Å². The van der Waals surface area contributed by atoms with Crippen LogP contribution in [0.3, 0.4) is 0 Å². The van der Waals surface area contributed by atoms with E-state index in [0.717, 1.165) is 24.4 Å². The molecule has 0 aliphatic heterocycles. The molecule has 0 aromatic carbocycles. The molecule has 2 aliphatic rings. The molecule has 2 aliphatic carbocycles. The van der Waals surface area contributed by atoms with Crippen molar-refractivity contribution in [3.63, 3.8) is 0 Å². The van der Waals surface area contributed by atoms with E-state index < -0.39 is 0 Å². The molecule has 0 heterocycles. The van der Waals surface area contributed by atoms with Crippen molar-refractivity contribution < 1.29 is 4.74 Å². The first-order valence-electron chi connectivity index (χ1n) is 6.02. The van der Waals surface area contributed by atoms with Gasteiger partial charge in [0.25, 0.3) is 0 Å². The van der Waals surface area contributed by atoms with Crippen LogP contribution in [0, 0.1) is 17.8 Å². The fourth-order valence-electron chi connectivity index (χ4n) is 3.29. The quantitative estimate of drug-likeness (QED) is 0.728. The molecule has 14 heavy (non-hydrogen) atoms. The Labute approximate surface area is 87.4 Å². The summed E-state index contributed by atoms with van der Waals surface area (Å²) >= 11 is 0. The van der Waals surface area contributed by atoms with E-state index in [4.69, 9.17) is 4.74 Å². The molecule has 0 saturated heterocycles. The summed E-state index contributed by atoms with van der Waals surface area (Å²) in [6.07, 6.45) is 6.01. The van der Waals surface area contributed by atoms with Gasteiger partial charge in [0.2, 0.25) is 0 Å².